The predicted molar refractivity (Wildman–Crippen MR) is 97.2 cm³/mol. The van der Waals surface area contributed by atoms with Gasteiger partial charge < -0.3 is 24.3 Å². The second-order valence-electron chi connectivity index (χ2n) is 5.87. The first-order valence-electron chi connectivity index (χ1n) is 8.70. The highest BCUT2D eigenvalue weighted by Gasteiger charge is 2.25. The maximum atomic E-state index is 13.5. The molecular weight excluding hydrogens is 353 g/mol. The molecule has 0 aromatic carbocycles. The van der Waals surface area contributed by atoms with Crippen molar-refractivity contribution in [2.24, 2.45) is 4.99 Å². The minimum atomic E-state index is -0.487. The number of piperazine rings is 1. The number of ether oxygens (including phenoxy) is 1. The van der Waals surface area contributed by atoms with E-state index < -0.39 is 5.82 Å². The lowest BCUT2D eigenvalue weighted by atomic mass is 10.3. The van der Waals surface area contributed by atoms with Crippen molar-refractivity contribution in [1.82, 2.24) is 20.1 Å². The van der Waals surface area contributed by atoms with E-state index in [1.807, 2.05) is 0 Å². The molecule has 3 heterocycles. The van der Waals surface area contributed by atoms with Gasteiger partial charge in [-0.05, 0) is 24.3 Å². The van der Waals surface area contributed by atoms with Crippen LogP contribution in [0.4, 0.5) is 4.39 Å². The van der Waals surface area contributed by atoms with Gasteiger partial charge in [-0.2, -0.15) is 0 Å². The van der Waals surface area contributed by atoms with Crippen molar-refractivity contribution in [3.8, 4) is 5.88 Å². The molecule has 0 saturated carbocycles. The van der Waals surface area contributed by atoms with Crippen molar-refractivity contribution in [2.75, 3.05) is 46.4 Å². The fraction of sp³-hybridized carbons (Fsp3) is 0.389. The van der Waals surface area contributed by atoms with Gasteiger partial charge in [-0.1, -0.05) is 0 Å². The van der Waals surface area contributed by atoms with E-state index >= 15 is 0 Å². The number of hydrogen-bond acceptors (Lipinski definition) is 5. The number of carbonyl (C=O) groups excluding carboxylic acids is 1. The van der Waals surface area contributed by atoms with E-state index in [0.29, 0.717) is 44.4 Å². The molecule has 9 heteroatoms. The maximum absolute atomic E-state index is 13.5. The minimum absolute atomic E-state index is 0.0145. The first kappa shape index (κ1) is 18.7. The first-order chi connectivity index (χ1) is 13.2. The lowest BCUT2D eigenvalue weighted by Gasteiger charge is -2.36. The normalized spacial score (nSPS) is 15.0. The SMILES string of the molecule is CN=C(NCCOc1ncccc1F)N1CCN(C(=O)c2ccco2)CC1. The Morgan fingerprint density at radius 1 is 1.30 bits per heavy atom. The lowest BCUT2D eigenvalue weighted by Crippen LogP contribution is -2.54. The molecule has 0 unspecified atom stereocenters. The summed E-state index contributed by atoms with van der Waals surface area (Å²) in [7, 11) is 1.70. The third kappa shape index (κ3) is 4.75. The van der Waals surface area contributed by atoms with Crippen molar-refractivity contribution in [1.29, 1.82) is 0 Å². The molecule has 144 valence electrons. The smallest absolute Gasteiger partial charge is 0.289 e. The molecule has 2 aromatic heterocycles. The summed E-state index contributed by atoms with van der Waals surface area (Å²) in [5.74, 6) is 0.460. The lowest BCUT2D eigenvalue weighted by molar-refractivity contribution is 0.0657. The molecule has 1 saturated heterocycles. The van der Waals surface area contributed by atoms with Crippen molar-refractivity contribution >= 4 is 11.9 Å². The molecule has 0 radical (unpaired) electrons. The first-order valence-corrected chi connectivity index (χ1v) is 8.70. The van der Waals surface area contributed by atoms with Crippen molar-refractivity contribution < 1.29 is 18.3 Å². The second kappa shape index (κ2) is 9.02. The topological polar surface area (TPSA) is 83.2 Å². The van der Waals surface area contributed by atoms with E-state index in [9.17, 15) is 9.18 Å². The van der Waals surface area contributed by atoms with Gasteiger partial charge >= 0.3 is 0 Å². The van der Waals surface area contributed by atoms with Gasteiger partial charge in [-0.25, -0.2) is 9.37 Å². The highest BCUT2D eigenvalue weighted by Crippen LogP contribution is 2.11. The molecule has 0 atom stereocenters. The molecule has 8 nitrogen and oxygen atoms in total. The number of guanidine groups is 1. The van der Waals surface area contributed by atoms with Crippen LogP contribution in [0.5, 0.6) is 5.88 Å². The summed E-state index contributed by atoms with van der Waals surface area (Å²) < 4.78 is 23.9. The van der Waals surface area contributed by atoms with Crippen LogP contribution in [0.1, 0.15) is 10.6 Å². The summed E-state index contributed by atoms with van der Waals surface area (Å²) in [6.45, 7) is 3.17. The van der Waals surface area contributed by atoms with Gasteiger partial charge in [0.25, 0.3) is 5.91 Å². The number of hydrogen-bond donors (Lipinski definition) is 1. The van der Waals surface area contributed by atoms with Crippen molar-refractivity contribution in [2.45, 2.75) is 0 Å². The van der Waals surface area contributed by atoms with E-state index in [4.69, 9.17) is 9.15 Å². The summed E-state index contributed by atoms with van der Waals surface area (Å²) in [6, 6.07) is 6.19. The molecule has 1 aliphatic heterocycles. The minimum Gasteiger partial charge on any atom is -0.474 e. The Bertz CT molecular complexity index is 773. The van der Waals surface area contributed by atoms with Gasteiger partial charge in [0.15, 0.2) is 17.5 Å². The Morgan fingerprint density at radius 2 is 2.07 bits per heavy atom. The second-order valence-corrected chi connectivity index (χ2v) is 5.87. The molecule has 2 aromatic rings. The zero-order valence-corrected chi connectivity index (χ0v) is 15.1. The van der Waals surface area contributed by atoms with Crippen LogP contribution < -0.4 is 10.1 Å². The Balaban J connectivity index is 1.42. The van der Waals surface area contributed by atoms with Crippen LogP contribution in [0.15, 0.2) is 46.1 Å². The van der Waals surface area contributed by atoms with Crippen LogP contribution in [0.2, 0.25) is 0 Å². The summed E-state index contributed by atoms with van der Waals surface area (Å²) in [4.78, 5) is 24.2. The van der Waals surface area contributed by atoms with E-state index in [2.05, 4.69) is 20.2 Å². The number of rotatable bonds is 5. The van der Waals surface area contributed by atoms with Crippen LogP contribution in [0, 0.1) is 5.82 Å². The summed E-state index contributed by atoms with van der Waals surface area (Å²) in [5, 5.41) is 3.18. The van der Waals surface area contributed by atoms with E-state index in [-0.39, 0.29) is 18.4 Å². The number of carbonyl (C=O) groups is 1. The highest BCUT2D eigenvalue weighted by atomic mass is 19.1. The fourth-order valence-corrected chi connectivity index (χ4v) is 2.80. The van der Waals surface area contributed by atoms with Gasteiger partial charge in [-0.15, -0.1) is 0 Å². The van der Waals surface area contributed by atoms with Gasteiger partial charge in [-0.3, -0.25) is 9.79 Å². The number of nitrogens with one attached hydrogen (secondary N) is 1. The highest BCUT2D eigenvalue weighted by molar-refractivity contribution is 5.91. The number of nitrogens with zero attached hydrogens (tertiary/aromatic N) is 4. The molecule has 0 bridgehead atoms. The maximum Gasteiger partial charge on any atom is 0.289 e. The van der Waals surface area contributed by atoms with E-state index in [1.54, 1.807) is 24.1 Å². The molecule has 3 rings (SSSR count). The monoisotopic (exact) mass is 375 g/mol. The standard InChI is InChI=1S/C18H22FN5O3/c1-20-18(22-7-13-27-16-14(19)4-2-6-21-16)24-10-8-23(9-11-24)17(25)15-5-3-12-26-15/h2-6,12H,7-11,13H2,1H3,(H,20,22). The van der Waals surface area contributed by atoms with Crippen LogP contribution in [-0.2, 0) is 0 Å². The van der Waals surface area contributed by atoms with Crippen LogP contribution in [0.25, 0.3) is 0 Å². The van der Waals surface area contributed by atoms with Crippen LogP contribution in [-0.4, -0.2) is 73.0 Å². The molecule has 1 aliphatic rings. The molecule has 0 spiro atoms. The average molecular weight is 375 g/mol. The molecule has 27 heavy (non-hydrogen) atoms. The zero-order chi connectivity index (χ0) is 19.1. The number of aromatic nitrogens is 1. The fourth-order valence-electron chi connectivity index (χ4n) is 2.80. The van der Waals surface area contributed by atoms with E-state index in [0.717, 1.165) is 0 Å². The number of amides is 1. The summed E-state index contributed by atoms with van der Waals surface area (Å²) >= 11 is 0. The number of halogens is 1. The van der Waals surface area contributed by atoms with Gasteiger partial charge in [0.1, 0.15) is 6.61 Å². The predicted octanol–water partition coefficient (Wildman–Crippen LogP) is 1.23. The Kier molecular flexibility index (Phi) is 6.24. The van der Waals surface area contributed by atoms with Crippen LogP contribution in [0.3, 0.4) is 0 Å². The molecule has 0 aliphatic carbocycles. The number of pyridine rings is 1. The molecule has 1 fully saturated rings. The zero-order valence-electron chi connectivity index (χ0n) is 15.1. The summed E-state index contributed by atoms with van der Waals surface area (Å²) in [6.07, 6.45) is 2.97. The van der Waals surface area contributed by atoms with E-state index in [1.165, 1.54) is 24.6 Å². The quantitative estimate of drug-likeness (QED) is 0.481. The third-order valence-electron chi connectivity index (χ3n) is 4.16. The van der Waals surface area contributed by atoms with Crippen molar-refractivity contribution in [3.05, 3.63) is 48.3 Å². The van der Waals surface area contributed by atoms with Gasteiger partial charge in [0.2, 0.25) is 5.88 Å². The number of aliphatic imine (C=N–C) groups is 1. The average Bonchev–Trinajstić information content (AvgIpc) is 3.24. The van der Waals surface area contributed by atoms with Gasteiger partial charge in [0.05, 0.1) is 12.8 Å². The Labute approximate surface area is 156 Å². The van der Waals surface area contributed by atoms with Crippen molar-refractivity contribution in [3.63, 3.8) is 0 Å². The van der Waals surface area contributed by atoms with Gasteiger partial charge in [0, 0.05) is 39.4 Å². The molecule has 1 amide bonds. The Morgan fingerprint density at radius 3 is 2.74 bits per heavy atom. The summed E-state index contributed by atoms with van der Waals surface area (Å²) in [5.41, 5.74) is 0. The molecule has 1 N–H and O–H groups in total. The largest absolute Gasteiger partial charge is 0.474 e. The van der Waals surface area contributed by atoms with Crippen LogP contribution >= 0.6 is 0 Å². The Hall–Kier alpha value is -3.10. The number of furan rings is 1. The third-order valence-corrected chi connectivity index (χ3v) is 4.16. The molecular formula is C18H22FN5O3.